The summed E-state index contributed by atoms with van der Waals surface area (Å²) in [4.78, 5) is 8.86. The van der Waals surface area contributed by atoms with Gasteiger partial charge in [0.1, 0.15) is 0 Å². The van der Waals surface area contributed by atoms with Crippen LogP contribution in [0.15, 0.2) is 17.4 Å². The van der Waals surface area contributed by atoms with Gasteiger partial charge in [-0.05, 0) is 44.7 Å². The lowest BCUT2D eigenvalue weighted by atomic mass is 9.84. The van der Waals surface area contributed by atoms with Crippen molar-refractivity contribution in [3.8, 4) is 0 Å². The van der Waals surface area contributed by atoms with Gasteiger partial charge >= 0.3 is 0 Å². The van der Waals surface area contributed by atoms with Crippen LogP contribution >= 0.6 is 11.8 Å². The Hall–Kier alpha value is -0.610. The van der Waals surface area contributed by atoms with Crippen molar-refractivity contribution in [2.45, 2.75) is 63.6 Å². The lowest BCUT2D eigenvalue weighted by Crippen LogP contribution is -2.39. The van der Waals surface area contributed by atoms with Crippen LogP contribution in [0, 0.1) is 12.8 Å². The number of aryl methyl sites for hydroxylation is 1. The second-order valence-corrected chi connectivity index (χ2v) is 6.74. The van der Waals surface area contributed by atoms with E-state index in [1.807, 2.05) is 19.2 Å². The van der Waals surface area contributed by atoms with Gasteiger partial charge < -0.3 is 5.32 Å². The third-order valence-electron chi connectivity index (χ3n) is 4.04. The number of hydrogen-bond acceptors (Lipinski definition) is 4. The molecule has 1 saturated carbocycles. The van der Waals surface area contributed by atoms with E-state index >= 15 is 0 Å². The van der Waals surface area contributed by atoms with E-state index in [-0.39, 0.29) is 0 Å². The average molecular weight is 293 g/mol. The van der Waals surface area contributed by atoms with Crippen LogP contribution in [-0.2, 0) is 0 Å². The standard InChI is InChI=1S/C16H27N3S/c1-3-10-17-15(14-7-5-4-6-8-14)12-20-16-18-11-9-13(2)19-16/h9,11,14-15,17H,3-8,10,12H2,1-2H3. The number of hydrogen-bond donors (Lipinski definition) is 1. The van der Waals surface area contributed by atoms with Crippen LogP contribution < -0.4 is 5.32 Å². The Labute approximate surface area is 127 Å². The lowest BCUT2D eigenvalue weighted by molar-refractivity contribution is 0.285. The maximum atomic E-state index is 4.49. The fraction of sp³-hybridized carbons (Fsp3) is 0.750. The molecular formula is C16H27N3S. The van der Waals surface area contributed by atoms with Gasteiger partial charge in [-0.3, -0.25) is 0 Å². The van der Waals surface area contributed by atoms with Gasteiger partial charge in [0.15, 0.2) is 5.16 Å². The van der Waals surface area contributed by atoms with Crippen molar-refractivity contribution in [2.24, 2.45) is 5.92 Å². The first-order valence-corrected chi connectivity index (χ1v) is 8.94. The molecule has 1 aromatic heterocycles. The van der Waals surface area contributed by atoms with Gasteiger partial charge in [-0.1, -0.05) is 37.9 Å². The van der Waals surface area contributed by atoms with E-state index in [1.54, 1.807) is 11.8 Å². The van der Waals surface area contributed by atoms with E-state index < -0.39 is 0 Å². The molecule has 1 heterocycles. The van der Waals surface area contributed by atoms with Crippen molar-refractivity contribution in [2.75, 3.05) is 12.3 Å². The van der Waals surface area contributed by atoms with E-state index in [0.29, 0.717) is 6.04 Å². The van der Waals surface area contributed by atoms with Gasteiger partial charge in [0.2, 0.25) is 0 Å². The molecular weight excluding hydrogens is 266 g/mol. The summed E-state index contributed by atoms with van der Waals surface area (Å²) in [6.45, 7) is 5.39. The van der Waals surface area contributed by atoms with Crippen LogP contribution in [0.5, 0.6) is 0 Å². The molecule has 0 radical (unpaired) electrons. The summed E-state index contributed by atoms with van der Waals surface area (Å²) in [6.07, 6.45) is 10.1. The highest BCUT2D eigenvalue weighted by atomic mass is 32.2. The maximum Gasteiger partial charge on any atom is 0.187 e. The summed E-state index contributed by atoms with van der Waals surface area (Å²) >= 11 is 1.80. The molecule has 0 saturated heterocycles. The zero-order valence-electron chi connectivity index (χ0n) is 12.8. The summed E-state index contributed by atoms with van der Waals surface area (Å²) in [5, 5.41) is 4.67. The van der Waals surface area contributed by atoms with Gasteiger partial charge in [0.25, 0.3) is 0 Å². The van der Waals surface area contributed by atoms with E-state index in [1.165, 1.54) is 38.5 Å². The van der Waals surface area contributed by atoms with Crippen molar-refractivity contribution in [1.29, 1.82) is 0 Å². The molecule has 1 N–H and O–H groups in total. The summed E-state index contributed by atoms with van der Waals surface area (Å²) in [7, 11) is 0. The molecule has 3 nitrogen and oxygen atoms in total. The molecule has 0 bridgehead atoms. The van der Waals surface area contributed by atoms with E-state index in [0.717, 1.165) is 29.1 Å². The number of aromatic nitrogens is 2. The Morgan fingerprint density at radius 1 is 1.35 bits per heavy atom. The molecule has 1 unspecified atom stereocenters. The highest BCUT2D eigenvalue weighted by molar-refractivity contribution is 7.99. The number of rotatable bonds is 7. The van der Waals surface area contributed by atoms with Crippen molar-refractivity contribution in [3.05, 3.63) is 18.0 Å². The third kappa shape index (κ3) is 5.06. The van der Waals surface area contributed by atoms with Gasteiger partial charge in [0, 0.05) is 23.7 Å². The summed E-state index contributed by atoms with van der Waals surface area (Å²) in [6, 6.07) is 2.57. The predicted molar refractivity (Wildman–Crippen MR) is 86.1 cm³/mol. The van der Waals surface area contributed by atoms with E-state index in [9.17, 15) is 0 Å². The fourth-order valence-corrected chi connectivity index (χ4v) is 3.95. The molecule has 112 valence electrons. The SMILES string of the molecule is CCCNC(CSc1nccc(C)n1)C1CCCCC1. The summed E-state index contributed by atoms with van der Waals surface area (Å²) in [5.74, 6) is 1.93. The van der Waals surface area contributed by atoms with Crippen molar-refractivity contribution in [3.63, 3.8) is 0 Å². The minimum Gasteiger partial charge on any atom is -0.313 e. The van der Waals surface area contributed by atoms with Gasteiger partial charge in [-0.2, -0.15) is 0 Å². The Bertz CT molecular complexity index is 391. The molecule has 4 heteroatoms. The van der Waals surface area contributed by atoms with Gasteiger partial charge in [0.05, 0.1) is 0 Å². The topological polar surface area (TPSA) is 37.8 Å². The second-order valence-electron chi connectivity index (χ2n) is 5.75. The maximum absolute atomic E-state index is 4.49. The molecule has 0 aromatic carbocycles. The predicted octanol–water partition coefficient (Wildman–Crippen LogP) is 3.83. The van der Waals surface area contributed by atoms with Crippen LogP contribution in [0.25, 0.3) is 0 Å². The number of nitrogens with zero attached hydrogens (tertiary/aromatic N) is 2. The van der Waals surface area contributed by atoms with Crippen LogP contribution in [0.4, 0.5) is 0 Å². The summed E-state index contributed by atoms with van der Waals surface area (Å²) < 4.78 is 0. The van der Waals surface area contributed by atoms with E-state index in [2.05, 4.69) is 22.2 Å². The molecule has 1 fully saturated rings. The molecule has 1 aliphatic rings. The first-order chi connectivity index (χ1) is 9.79. The van der Waals surface area contributed by atoms with Gasteiger partial charge in [-0.15, -0.1) is 0 Å². The van der Waals surface area contributed by atoms with Crippen molar-refractivity contribution < 1.29 is 0 Å². The molecule has 1 aromatic rings. The normalized spacial score (nSPS) is 18.1. The molecule has 2 rings (SSSR count). The number of thioether (sulfide) groups is 1. The highest BCUT2D eigenvalue weighted by Crippen LogP contribution is 2.29. The van der Waals surface area contributed by atoms with Gasteiger partial charge in [-0.25, -0.2) is 9.97 Å². The Morgan fingerprint density at radius 3 is 2.85 bits per heavy atom. The molecule has 0 spiro atoms. The lowest BCUT2D eigenvalue weighted by Gasteiger charge is -2.30. The van der Waals surface area contributed by atoms with Crippen LogP contribution in [0.3, 0.4) is 0 Å². The van der Waals surface area contributed by atoms with Crippen molar-refractivity contribution >= 4 is 11.8 Å². The fourth-order valence-electron chi connectivity index (χ4n) is 2.89. The summed E-state index contributed by atoms with van der Waals surface area (Å²) in [5.41, 5.74) is 1.05. The monoisotopic (exact) mass is 293 g/mol. The van der Waals surface area contributed by atoms with Crippen LogP contribution in [0.2, 0.25) is 0 Å². The molecule has 0 aliphatic heterocycles. The quantitative estimate of drug-likeness (QED) is 0.612. The Morgan fingerprint density at radius 2 is 2.15 bits per heavy atom. The molecule has 1 aliphatic carbocycles. The molecule has 20 heavy (non-hydrogen) atoms. The highest BCUT2D eigenvalue weighted by Gasteiger charge is 2.23. The van der Waals surface area contributed by atoms with Crippen molar-refractivity contribution in [1.82, 2.24) is 15.3 Å². The zero-order chi connectivity index (χ0) is 14.2. The largest absolute Gasteiger partial charge is 0.313 e. The molecule has 1 atom stereocenters. The smallest absolute Gasteiger partial charge is 0.187 e. The first-order valence-electron chi connectivity index (χ1n) is 7.95. The first kappa shape index (κ1) is 15.8. The Balaban J connectivity index is 1.89. The van der Waals surface area contributed by atoms with E-state index in [4.69, 9.17) is 0 Å². The number of nitrogens with one attached hydrogen (secondary N) is 1. The minimum atomic E-state index is 0.615. The van der Waals surface area contributed by atoms with Crippen LogP contribution in [0.1, 0.15) is 51.1 Å². The van der Waals surface area contributed by atoms with Crippen LogP contribution in [-0.4, -0.2) is 28.3 Å². The minimum absolute atomic E-state index is 0.615. The second kappa shape index (κ2) is 8.63. The third-order valence-corrected chi connectivity index (χ3v) is 5.02. The Kier molecular flexibility index (Phi) is 6.80. The average Bonchev–Trinajstić information content (AvgIpc) is 2.48. The zero-order valence-corrected chi connectivity index (χ0v) is 13.6. The molecule has 0 amide bonds.